The number of para-hydroxylation sites is 1. The second kappa shape index (κ2) is 10.3. The van der Waals surface area contributed by atoms with Crippen molar-refractivity contribution in [3.8, 4) is 0 Å². The SMILES string of the molecule is COC(=O)C(Cc1cccc(COC(=O)Nc2ccccc2Cl)c1)C(=O)OC. The van der Waals surface area contributed by atoms with Gasteiger partial charge in [0.05, 0.1) is 24.9 Å². The molecule has 1 N–H and O–H groups in total. The van der Waals surface area contributed by atoms with Gasteiger partial charge in [0.1, 0.15) is 6.61 Å². The summed E-state index contributed by atoms with van der Waals surface area (Å²) in [6.07, 6.45) is -0.542. The van der Waals surface area contributed by atoms with Gasteiger partial charge in [0, 0.05) is 0 Å². The van der Waals surface area contributed by atoms with Crippen LogP contribution in [-0.2, 0) is 36.8 Å². The lowest BCUT2D eigenvalue weighted by Crippen LogP contribution is -2.28. The molecule has 148 valence electrons. The molecule has 0 saturated heterocycles. The van der Waals surface area contributed by atoms with Gasteiger partial charge in [-0.15, -0.1) is 0 Å². The third-order valence-corrected chi connectivity index (χ3v) is 4.21. The standard InChI is InChI=1S/C20H20ClNO6/c1-26-18(23)15(19(24)27-2)11-13-6-5-7-14(10-13)12-28-20(25)22-17-9-4-3-8-16(17)21/h3-10,15H,11-12H2,1-2H3,(H,22,25). The van der Waals surface area contributed by atoms with Crippen molar-refractivity contribution in [1.82, 2.24) is 0 Å². The summed E-state index contributed by atoms with van der Waals surface area (Å²) in [5.41, 5.74) is 1.84. The van der Waals surface area contributed by atoms with E-state index in [0.29, 0.717) is 21.8 Å². The van der Waals surface area contributed by atoms with Crippen LogP contribution in [0.1, 0.15) is 11.1 Å². The second-order valence-electron chi connectivity index (χ2n) is 5.80. The molecule has 0 spiro atoms. The first kappa shape index (κ1) is 21.2. The highest BCUT2D eigenvalue weighted by atomic mass is 35.5. The van der Waals surface area contributed by atoms with Crippen LogP contribution in [0.5, 0.6) is 0 Å². The molecule has 0 aliphatic rings. The number of benzene rings is 2. The number of halogens is 1. The Hall–Kier alpha value is -3.06. The molecule has 0 unspecified atom stereocenters. The van der Waals surface area contributed by atoms with E-state index in [1.54, 1.807) is 48.5 Å². The number of methoxy groups -OCH3 is 2. The van der Waals surface area contributed by atoms with Crippen LogP contribution in [0.3, 0.4) is 0 Å². The zero-order valence-electron chi connectivity index (χ0n) is 15.4. The molecule has 0 bridgehead atoms. The largest absolute Gasteiger partial charge is 0.468 e. The summed E-state index contributed by atoms with van der Waals surface area (Å²) in [6.45, 7) is 0.00520. The molecule has 7 nitrogen and oxygen atoms in total. The van der Waals surface area contributed by atoms with Gasteiger partial charge in [-0.25, -0.2) is 4.79 Å². The predicted octanol–water partition coefficient (Wildman–Crippen LogP) is 3.59. The molecule has 8 heteroatoms. The average molecular weight is 406 g/mol. The maximum absolute atomic E-state index is 11.9. The summed E-state index contributed by atoms with van der Waals surface area (Å²) >= 11 is 5.98. The Kier molecular flexibility index (Phi) is 7.83. The number of amides is 1. The summed E-state index contributed by atoms with van der Waals surface area (Å²) < 4.78 is 14.5. The van der Waals surface area contributed by atoms with Crippen molar-refractivity contribution in [2.75, 3.05) is 19.5 Å². The second-order valence-corrected chi connectivity index (χ2v) is 6.21. The molecule has 0 heterocycles. The molecule has 2 rings (SSSR count). The fraction of sp³-hybridized carbons (Fsp3) is 0.250. The normalized spacial score (nSPS) is 10.3. The molecule has 0 saturated carbocycles. The lowest BCUT2D eigenvalue weighted by Gasteiger charge is -2.13. The number of carbonyl (C=O) groups excluding carboxylic acids is 3. The van der Waals surface area contributed by atoms with Gasteiger partial charge in [-0.3, -0.25) is 14.9 Å². The molecule has 0 aliphatic heterocycles. The lowest BCUT2D eigenvalue weighted by atomic mass is 9.98. The van der Waals surface area contributed by atoms with Gasteiger partial charge in [-0.05, 0) is 29.7 Å². The Morgan fingerprint density at radius 3 is 2.25 bits per heavy atom. The third-order valence-electron chi connectivity index (χ3n) is 3.88. The van der Waals surface area contributed by atoms with E-state index < -0.39 is 23.9 Å². The molecule has 0 radical (unpaired) electrons. The van der Waals surface area contributed by atoms with Crippen molar-refractivity contribution in [3.63, 3.8) is 0 Å². The third kappa shape index (κ3) is 5.99. The quantitative estimate of drug-likeness (QED) is 0.430. The molecule has 0 aromatic heterocycles. The highest BCUT2D eigenvalue weighted by molar-refractivity contribution is 6.33. The van der Waals surface area contributed by atoms with Crippen LogP contribution in [-0.4, -0.2) is 32.3 Å². The van der Waals surface area contributed by atoms with Gasteiger partial charge < -0.3 is 14.2 Å². The summed E-state index contributed by atoms with van der Waals surface area (Å²) in [4.78, 5) is 35.6. The number of hydrogen-bond donors (Lipinski definition) is 1. The van der Waals surface area contributed by atoms with Crippen LogP contribution in [0.2, 0.25) is 5.02 Å². The van der Waals surface area contributed by atoms with Crippen molar-refractivity contribution in [1.29, 1.82) is 0 Å². The summed E-state index contributed by atoms with van der Waals surface area (Å²) in [5, 5.41) is 2.96. The number of nitrogens with one attached hydrogen (secondary N) is 1. The Balaban J connectivity index is 1.98. The highest BCUT2D eigenvalue weighted by Gasteiger charge is 2.28. The fourth-order valence-electron chi connectivity index (χ4n) is 2.49. The number of rotatable bonds is 7. The first-order valence-electron chi connectivity index (χ1n) is 8.36. The van der Waals surface area contributed by atoms with E-state index in [0.717, 1.165) is 0 Å². The van der Waals surface area contributed by atoms with Crippen molar-refractivity contribution in [2.24, 2.45) is 5.92 Å². The highest BCUT2D eigenvalue weighted by Crippen LogP contribution is 2.21. The number of ether oxygens (including phenoxy) is 3. The Morgan fingerprint density at radius 2 is 1.61 bits per heavy atom. The van der Waals surface area contributed by atoms with Gasteiger partial charge >= 0.3 is 18.0 Å². The molecule has 0 fully saturated rings. The zero-order chi connectivity index (χ0) is 20.5. The van der Waals surface area contributed by atoms with Crippen molar-refractivity contribution < 1.29 is 28.6 Å². The number of esters is 2. The Bertz CT molecular complexity index is 838. The van der Waals surface area contributed by atoms with Gasteiger partial charge in [-0.1, -0.05) is 48.0 Å². The topological polar surface area (TPSA) is 90.9 Å². The average Bonchev–Trinajstić information content (AvgIpc) is 2.71. The minimum atomic E-state index is -1.06. The summed E-state index contributed by atoms with van der Waals surface area (Å²) in [6, 6.07) is 13.8. The van der Waals surface area contributed by atoms with Crippen LogP contribution in [0.4, 0.5) is 10.5 Å². The van der Waals surface area contributed by atoms with E-state index in [-0.39, 0.29) is 13.0 Å². The van der Waals surface area contributed by atoms with E-state index in [1.165, 1.54) is 14.2 Å². The maximum atomic E-state index is 11.9. The zero-order valence-corrected chi connectivity index (χ0v) is 16.2. The molecule has 0 aliphatic carbocycles. The van der Waals surface area contributed by atoms with Gasteiger partial charge in [0.25, 0.3) is 0 Å². The van der Waals surface area contributed by atoms with Crippen molar-refractivity contribution in [2.45, 2.75) is 13.0 Å². The molecule has 2 aromatic rings. The number of carbonyl (C=O) groups is 3. The van der Waals surface area contributed by atoms with Crippen LogP contribution in [0, 0.1) is 5.92 Å². The van der Waals surface area contributed by atoms with Crippen LogP contribution < -0.4 is 5.32 Å². The number of anilines is 1. The van der Waals surface area contributed by atoms with Crippen molar-refractivity contribution >= 4 is 35.3 Å². The van der Waals surface area contributed by atoms with E-state index >= 15 is 0 Å². The van der Waals surface area contributed by atoms with E-state index in [1.807, 2.05) is 0 Å². The van der Waals surface area contributed by atoms with Crippen LogP contribution >= 0.6 is 11.6 Å². The lowest BCUT2D eigenvalue weighted by molar-refractivity contribution is -0.158. The molecular formula is C20H20ClNO6. The van der Waals surface area contributed by atoms with Crippen LogP contribution in [0.15, 0.2) is 48.5 Å². The molecule has 0 atom stereocenters. The number of hydrogen-bond acceptors (Lipinski definition) is 6. The van der Waals surface area contributed by atoms with Crippen molar-refractivity contribution in [3.05, 3.63) is 64.7 Å². The Labute approximate surface area is 167 Å². The smallest absolute Gasteiger partial charge is 0.412 e. The fourth-order valence-corrected chi connectivity index (χ4v) is 2.67. The molecule has 28 heavy (non-hydrogen) atoms. The molecular weight excluding hydrogens is 386 g/mol. The maximum Gasteiger partial charge on any atom is 0.412 e. The minimum Gasteiger partial charge on any atom is -0.468 e. The monoisotopic (exact) mass is 405 g/mol. The van der Waals surface area contributed by atoms with E-state index in [2.05, 4.69) is 14.8 Å². The van der Waals surface area contributed by atoms with E-state index in [4.69, 9.17) is 16.3 Å². The van der Waals surface area contributed by atoms with E-state index in [9.17, 15) is 14.4 Å². The first-order chi connectivity index (χ1) is 13.4. The molecule has 1 amide bonds. The van der Waals surface area contributed by atoms with Gasteiger partial charge in [-0.2, -0.15) is 0 Å². The Morgan fingerprint density at radius 1 is 0.964 bits per heavy atom. The summed E-state index contributed by atoms with van der Waals surface area (Å²) in [5.74, 6) is -2.41. The van der Waals surface area contributed by atoms with Gasteiger partial charge in [0.2, 0.25) is 0 Å². The minimum absolute atomic E-state index is 0.00520. The first-order valence-corrected chi connectivity index (χ1v) is 8.74. The van der Waals surface area contributed by atoms with Crippen LogP contribution in [0.25, 0.3) is 0 Å². The van der Waals surface area contributed by atoms with Gasteiger partial charge in [0.15, 0.2) is 5.92 Å². The predicted molar refractivity (Wildman–Crippen MR) is 103 cm³/mol. The summed E-state index contributed by atoms with van der Waals surface area (Å²) in [7, 11) is 2.42. The molecule has 2 aromatic carbocycles.